The normalized spacial score (nSPS) is 49.6. The Balaban J connectivity index is 1.56. The molecule has 26 heavy (non-hydrogen) atoms. The van der Waals surface area contributed by atoms with Gasteiger partial charge in [-0.15, -0.1) is 0 Å². The summed E-state index contributed by atoms with van der Waals surface area (Å²) < 4.78 is 7.45. The second kappa shape index (κ2) is 4.26. The number of carbonyl (C=O) groups is 1. The predicted molar refractivity (Wildman–Crippen MR) is 97.8 cm³/mol. The van der Waals surface area contributed by atoms with Crippen LogP contribution in [0.4, 0.5) is 5.69 Å². The van der Waals surface area contributed by atoms with E-state index in [9.17, 15) is 4.79 Å². The number of nitrogens with zero attached hydrogens (tertiary/aromatic N) is 2. The van der Waals surface area contributed by atoms with Crippen molar-refractivity contribution in [1.82, 2.24) is 0 Å². The number of rotatable bonds is 0. The third-order valence-electron chi connectivity index (χ3n) is 8.91. The molecule has 3 saturated heterocycles. The van der Waals surface area contributed by atoms with Crippen molar-refractivity contribution in [2.45, 2.75) is 42.9 Å². The molecule has 0 aromatic heterocycles. The molecular weight excluding hydrogens is 324 g/mol. The Hall–Kier alpha value is -1.65. The van der Waals surface area contributed by atoms with Gasteiger partial charge in [0.05, 0.1) is 44.2 Å². The first kappa shape index (κ1) is 14.4. The van der Waals surface area contributed by atoms with Crippen LogP contribution in [-0.4, -0.2) is 55.3 Å². The maximum Gasteiger partial charge on any atom is 0.229 e. The van der Waals surface area contributed by atoms with E-state index in [4.69, 9.17) is 4.74 Å². The van der Waals surface area contributed by atoms with Gasteiger partial charge in [0.1, 0.15) is 12.6 Å². The number of amides is 1. The van der Waals surface area contributed by atoms with E-state index >= 15 is 0 Å². The number of hydrogen-bond acceptors (Lipinski definition) is 2. The number of hydrogen-bond donors (Lipinski definition) is 0. The zero-order valence-corrected chi connectivity index (χ0v) is 15.2. The molecule has 7 rings (SSSR count). The number of carbonyl (C=O) groups excluding carboxylic acids is 1. The smallest absolute Gasteiger partial charge is 0.229 e. The molecule has 4 heteroatoms. The van der Waals surface area contributed by atoms with Crippen molar-refractivity contribution < 1.29 is 14.0 Å². The van der Waals surface area contributed by atoms with Crippen LogP contribution in [0.3, 0.4) is 0 Å². The third kappa shape index (κ3) is 1.34. The first-order valence-corrected chi connectivity index (χ1v) is 10.2. The highest BCUT2D eigenvalue weighted by molar-refractivity contribution is 5.99. The molecule has 1 aliphatic carbocycles. The van der Waals surface area contributed by atoms with Gasteiger partial charge < -0.3 is 14.1 Å². The average molecular weight is 349 g/mol. The molecule has 5 heterocycles. The summed E-state index contributed by atoms with van der Waals surface area (Å²) in [5, 5.41) is 0. The first-order valence-electron chi connectivity index (χ1n) is 10.2. The lowest BCUT2D eigenvalue weighted by atomic mass is 9.53. The average Bonchev–Trinajstić information content (AvgIpc) is 3.05. The zero-order chi connectivity index (χ0) is 17.3. The van der Waals surface area contributed by atoms with Gasteiger partial charge in [0.25, 0.3) is 0 Å². The highest BCUT2D eigenvalue weighted by Crippen LogP contribution is 2.67. The largest absolute Gasteiger partial charge is 0.373 e. The van der Waals surface area contributed by atoms with Crippen molar-refractivity contribution in [2.75, 3.05) is 31.6 Å². The van der Waals surface area contributed by atoms with E-state index in [1.54, 1.807) is 5.57 Å². The molecule has 1 spiro atoms. The van der Waals surface area contributed by atoms with Crippen LogP contribution < -0.4 is 4.90 Å². The highest BCUT2D eigenvalue weighted by Gasteiger charge is 2.75. The van der Waals surface area contributed by atoms with E-state index in [-0.39, 0.29) is 17.4 Å². The standard InChI is InChI=1S/C22H25N2O2/c1-24-8-7-22-15-4-2-3-5-16(15)23-19(25)11-17-20(21(22)23)14(10-18(22)24)13(12-24)6-9-26-17/h2-6,14,17-18,20-21H,7-12H2,1H3/q+1/t14-,17-,18+,20-,21-,22+,24?/m0/s1. The van der Waals surface area contributed by atoms with Crippen LogP contribution in [0.5, 0.6) is 0 Å². The Morgan fingerprint density at radius 2 is 2.19 bits per heavy atom. The molecule has 6 aliphatic rings. The summed E-state index contributed by atoms with van der Waals surface area (Å²) in [5.41, 5.74) is 4.43. The Morgan fingerprint density at radius 1 is 1.31 bits per heavy atom. The fourth-order valence-electron chi connectivity index (χ4n) is 8.14. The molecule has 0 radical (unpaired) electrons. The summed E-state index contributed by atoms with van der Waals surface area (Å²) in [6.45, 7) is 3.12. The van der Waals surface area contributed by atoms with Crippen LogP contribution in [0.1, 0.15) is 24.8 Å². The third-order valence-corrected chi connectivity index (χ3v) is 8.91. The number of para-hydroxylation sites is 1. The van der Waals surface area contributed by atoms with E-state index in [0.29, 0.717) is 36.9 Å². The van der Waals surface area contributed by atoms with E-state index in [1.807, 2.05) is 0 Å². The van der Waals surface area contributed by atoms with E-state index in [0.717, 1.165) is 4.48 Å². The van der Waals surface area contributed by atoms with Crippen molar-refractivity contribution in [3.05, 3.63) is 41.5 Å². The van der Waals surface area contributed by atoms with Crippen molar-refractivity contribution in [2.24, 2.45) is 11.8 Å². The number of benzene rings is 1. The van der Waals surface area contributed by atoms with Crippen LogP contribution in [0.2, 0.25) is 0 Å². The lowest BCUT2D eigenvalue weighted by molar-refractivity contribution is -0.925. The summed E-state index contributed by atoms with van der Waals surface area (Å²) in [6, 6.07) is 9.76. The number of ether oxygens (including phenoxy) is 1. The Labute approximate surface area is 154 Å². The van der Waals surface area contributed by atoms with Gasteiger partial charge >= 0.3 is 0 Å². The monoisotopic (exact) mass is 349 g/mol. The maximum atomic E-state index is 13.3. The van der Waals surface area contributed by atoms with Crippen LogP contribution >= 0.6 is 0 Å². The van der Waals surface area contributed by atoms with Gasteiger partial charge in [-0.25, -0.2) is 0 Å². The van der Waals surface area contributed by atoms with Crippen LogP contribution in [0.15, 0.2) is 35.9 Å². The molecule has 7 atom stereocenters. The maximum absolute atomic E-state index is 13.3. The molecule has 4 fully saturated rings. The number of likely N-dealkylation sites (N-methyl/N-ethyl adjacent to an activating group) is 1. The quantitative estimate of drug-likeness (QED) is 0.531. The van der Waals surface area contributed by atoms with Crippen LogP contribution in [0.25, 0.3) is 0 Å². The minimum Gasteiger partial charge on any atom is -0.373 e. The van der Waals surface area contributed by atoms with Crippen LogP contribution in [0, 0.1) is 11.8 Å². The molecule has 1 aromatic carbocycles. The van der Waals surface area contributed by atoms with Crippen molar-refractivity contribution in [3.63, 3.8) is 0 Å². The fraction of sp³-hybridized carbons (Fsp3) is 0.591. The van der Waals surface area contributed by atoms with Gasteiger partial charge in [-0.05, 0) is 23.1 Å². The molecule has 2 bridgehead atoms. The summed E-state index contributed by atoms with van der Waals surface area (Å²) >= 11 is 0. The second-order valence-electron chi connectivity index (χ2n) is 9.67. The molecule has 1 amide bonds. The Kier molecular flexibility index (Phi) is 2.36. The van der Waals surface area contributed by atoms with Gasteiger partial charge in [-0.3, -0.25) is 4.79 Å². The second-order valence-corrected chi connectivity index (χ2v) is 9.67. The van der Waals surface area contributed by atoms with Crippen LogP contribution in [-0.2, 0) is 14.9 Å². The minimum atomic E-state index is 0.104. The molecule has 1 aromatic rings. The first-order chi connectivity index (χ1) is 12.6. The van der Waals surface area contributed by atoms with Crippen molar-refractivity contribution in [3.8, 4) is 0 Å². The lowest BCUT2D eigenvalue weighted by Gasteiger charge is -2.59. The molecule has 1 unspecified atom stereocenters. The molecule has 4 nitrogen and oxygen atoms in total. The molecule has 0 N–H and O–H groups in total. The van der Waals surface area contributed by atoms with E-state index in [1.165, 1.54) is 37.2 Å². The van der Waals surface area contributed by atoms with Gasteiger partial charge in [-0.1, -0.05) is 24.3 Å². The van der Waals surface area contributed by atoms with Gasteiger partial charge in [0.15, 0.2) is 0 Å². The summed E-state index contributed by atoms with van der Waals surface area (Å²) in [7, 11) is 2.47. The lowest BCUT2D eigenvalue weighted by Crippen LogP contribution is -2.72. The highest BCUT2D eigenvalue weighted by atomic mass is 16.5. The van der Waals surface area contributed by atoms with Gasteiger partial charge in [0, 0.05) is 24.4 Å². The summed E-state index contributed by atoms with van der Waals surface area (Å²) in [6.07, 6.45) is 5.51. The van der Waals surface area contributed by atoms with E-state index in [2.05, 4.69) is 42.3 Å². The summed E-state index contributed by atoms with van der Waals surface area (Å²) in [5.74, 6) is 1.36. The Morgan fingerprint density at radius 3 is 3.12 bits per heavy atom. The van der Waals surface area contributed by atoms with Gasteiger partial charge in [-0.2, -0.15) is 0 Å². The van der Waals surface area contributed by atoms with Crippen molar-refractivity contribution in [1.29, 1.82) is 0 Å². The molecule has 5 aliphatic heterocycles. The number of anilines is 1. The minimum absolute atomic E-state index is 0.104. The van der Waals surface area contributed by atoms with Crippen molar-refractivity contribution >= 4 is 11.6 Å². The topological polar surface area (TPSA) is 29.5 Å². The summed E-state index contributed by atoms with van der Waals surface area (Å²) in [4.78, 5) is 15.5. The fourth-order valence-corrected chi connectivity index (χ4v) is 8.14. The SMILES string of the molecule is C[N+]12CC[C@@]34c5ccccc5N5C(=O)C[C@@H]6OCC=C(C1)[C@H](C[C@H]32)[C@@H]6[C@H]54. The molecule has 134 valence electrons. The number of quaternary nitrogens is 1. The van der Waals surface area contributed by atoms with E-state index < -0.39 is 0 Å². The molecular formula is C22H25N2O2+. The number of fused-ring (bicyclic) bond motifs is 2. The predicted octanol–water partition coefficient (Wildman–Crippen LogP) is 2.24. The van der Waals surface area contributed by atoms with Gasteiger partial charge in [0.2, 0.25) is 5.91 Å². The zero-order valence-electron chi connectivity index (χ0n) is 15.2. The molecule has 1 saturated carbocycles. The Bertz CT molecular complexity index is 894. The number of piperidine rings is 2.